The summed E-state index contributed by atoms with van der Waals surface area (Å²) in [6, 6.07) is 6.13. The molecule has 0 unspecified atom stereocenters. The number of rotatable bonds is 4. The van der Waals surface area contributed by atoms with Gasteiger partial charge in [-0.1, -0.05) is 13.0 Å². The van der Waals surface area contributed by atoms with E-state index in [0.717, 1.165) is 48.7 Å². The summed E-state index contributed by atoms with van der Waals surface area (Å²) in [6.07, 6.45) is 5.52. The molecule has 3 aromatic heterocycles. The Morgan fingerprint density at radius 3 is 3.04 bits per heavy atom. The van der Waals surface area contributed by atoms with Crippen LogP contribution in [0.5, 0.6) is 0 Å². The maximum atomic E-state index is 12.6. The van der Waals surface area contributed by atoms with E-state index in [9.17, 15) is 4.79 Å². The van der Waals surface area contributed by atoms with Gasteiger partial charge in [0.05, 0.1) is 0 Å². The van der Waals surface area contributed by atoms with Gasteiger partial charge in [-0.15, -0.1) is 0 Å². The smallest absolute Gasteiger partial charge is 0.276 e. The molecule has 1 N–H and O–H groups in total. The number of aromatic nitrogens is 4. The van der Waals surface area contributed by atoms with Crippen LogP contribution in [-0.2, 0) is 13.0 Å². The largest absolute Gasteiger partial charge is 0.298 e. The Bertz CT molecular complexity index is 944. The van der Waals surface area contributed by atoms with Gasteiger partial charge in [-0.2, -0.15) is 0 Å². The van der Waals surface area contributed by atoms with Crippen LogP contribution in [0.4, 0.5) is 0 Å². The molecule has 1 atom stereocenters. The van der Waals surface area contributed by atoms with Crippen molar-refractivity contribution in [2.45, 2.75) is 39.2 Å². The second-order valence-corrected chi connectivity index (χ2v) is 6.82. The lowest BCUT2D eigenvalue weighted by molar-refractivity contribution is 0.326. The van der Waals surface area contributed by atoms with Crippen LogP contribution in [0.1, 0.15) is 41.8 Å². The van der Waals surface area contributed by atoms with Crippen LogP contribution in [0.3, 0.4) is 0 Å². The highest BCUT2D eigenvalue weighted by molar-refractivity contribution is 5.42. The number of nitrogens with one attached hydrogen (secondary N) is 1. The third-order valence-corrected chi connectivity index (χ3v) is 5.13. The van der Waals surface area contributed by atoms with Crippen LogP contribution >= 0.6 is 0 Å². The van der Waals surface area contributed by atoms with E-state index in [4.69, 9.17) is 0 Å². The summed E-state index contributed by atoms with van der Waals surface area (Å²) in [4.78, 5) is 23.8. The number of aryl methyl sites for hydroxylation is 1. The van der Waals surface area contributed by atoms with E-state index >= 15 is 0 Å². The lowest BCUT2D eigenvalue weighted by Gasteiger charge is -2.15. The van der Waals surface area contributed by atoms with Crippen molar-refractivity contribution in [1.82, 2.24) is 24.5 Å². The summed E-state index contributed by atoms with van der Waals surface area (Å²) in [5.74, 6) is 0.406. The Morgan fingerprint density at radius 1 is 1.40 bits per heavy atom. The quantitative estimate of drug-likeness (QED) is 0.793. The van der Waals surface area contributed by atoms with E-state index in [2.05, 4.69) is 26.0 Å². The van der Waals surface area contributed by atoms with Crippen molar-refractivity contribution in [2.24, 2.45) is 0 Å². The maximum absolute atomic E-state index is 12.6. The second kappa shape index (κ2) is 6.44. The van der Waals surface area contributed by atoms with Crippen LogP contribution in [0.15, 0.2) is 35.4 Å². The average Bonchev–Trinajstić information content (AvgIpc) is 3.23. The van der Waals surface area contributed by atoms with Gasteiger partial charge in [0.2, 0.25) is 0 Å². The topological polar surface area (TPSA) is 66.3 Å². The SMILES string of the molecule is CCc1c(C)nc2cc([C@H]3CCN(Cc4cccnc4)C3)[nH]n2c1=O. The van der Waals surface area contributed by atoms with Gasteiger partial charge in [0, 0.05) is 54.4 Å². The zero-order chi connectivity index (χ0) is 17.4. The van der Waals surface area contributed by atoms with Gasteiger partial charge in [-0.05, 0) is 37.9 Å². The lowest BCUT2D eigenvalue weighted by Crippen LogP contribution is -2.21. The molecule has 0 aliphatic carbocycles. The molecule has 1 aliphatic rings. The Hall–Kier alpha value is -2.47. The van der Waals surface area contributed by atoms with Crippen molar-refractivity contribution in [1.29, 1.82) is 0 Å². The van der Waals surface area contributed by atoms with Gasteiger partial charge in [-0.25, -0.2) is 9.50 Å². The number of likely N-dealkylation sites (tertiary alicyclic amines) is 1. The number of hydrogen-bond donors (Lipinski definition) is 1. The summed E-state index contributed by atoms with van der Waals surface area (Å²) in [7, 11) is 0. The highest BCUT2D eigenvalue weighted by Crippen LogP contribution is 2.27. The predicted molar refractivity (Wildman–Crippen MR) is 96.8 cm³/mol. The first kappa shape index (κ1) is 16.0. The van der Waals surface area contributed by atoms with E-state index in [1.54, 1.807) is 10.7 Å². The molecule has 1 aliphatic heterocycles. The molecule has 1 fully saturated rings. The molecule has 25 heavy (non-hydrogen) atoms. The van der Waals surface area contributed by atoms with Gasteiger partial charge in [0.25, 0.3) is 5.56 Å². The minimum atomic E-state index is 0.0291. The van der Waals surface area contributed by atoms with Crippen molar-refractivity contribution < 1.29 is 0 Å². The van der Waals surface area contributed by atoms with Crippen LogP contribution in [0.2, 0.25) is 0 Å². The lowest BCUT2D eigenvalue weighted by atomic mass is 10.1. The Morgan fingerprint density at radius 2 is 2.28 bits per heavy atom. The average molecular weight is 337 g/mol. The number of fused-ring (bicyclic) bond motifs is 1. The van der Waals surface area contributed by atoms with E-state index in [-0.39, 0.29) is 5.56 Å². The van der Waals surface area contributed by atoms with E-state index in [1.165, 1.54) is 5.56 Å². The van der Waals surface area contributed by atoms with Crippen LogP contribution in [0, 0.1) is 6.92 Å². The monoisotopic (exact) mass is 337 g/mol. The first-order valence-electron chi connectivity index (χ1n) is 8.88. The van der Waals surface area contributed by atoms with Crippen LogP contribution in [0.25, 0.3) is 5.65 Å². The molecule has 6 nitrogen and oxygen atoms in total. The Labute approximate surface area is 146 Å². The van der Waals surface area contributed by atoms with Crippen molar-refractivity contribution in [2.75, 3.05) is 13.1 Å². The molecule has 0 spiro atoms. The normalized spacial score (nSPS) is 18.2. The molecule has 0 amide bonds. The fourth-order valence-electron chi connectivity index (χ4n) is 3.78. The molecule has 3 aromatic rings. The zero-order valence-corrected chi connectivity index (χ0v) is 14.7. The van der Waals surface area contributed by atoms with E-state index < -0.39 is 0 Å². The van der Waals surface area contributed by atoms with E-state index in [0.29, 0.717) is 12.3 Å². The summed E-state index contributed by atoms with van der Waals surface area (Å²) < 4.78 is 1.60. The Kier molecular flexibility index (Phi) is 4.13. The first-order chi connectivity index (χ1) is 12.2. The summed E-state index contributed by atoms with van der Waals surface area (Å²) in [5.41, 5.74) is 4.71. The number of hydrogen-bond acceptors (Lipinski definition) is 4. The van der Waals surface area contributed by atoms with Gasteiger partial charge >= 0.3 is 0 Å². The summed E-state index contributed by atoms with van der Waals surface area (Å²) in [5, 5.41) is 3.29. The molecular weight excluding hydrogens is 314 g/mol. The second-order valence-electron chi connectivity index (χ2n) is 6.82. The van der Waals surface area contributed by atoms with Crippen LogP contribution in [-0.4, -0.2) is 37.6 Å². The van der Waals surface area contributed by atoms with Crippen molar-refractivity contribution in [3.63, 3.8) is 0 Å². The highest BCUT2D eigenvalue weighted by atomic mass is 16.1. The number of nitrogens with zero attached hydrogens (tertiary/aromatic N) is 4. The summed E-state index contributed by atoms with van der Waals surface area (Å²) in [6.45, 7) is 6.86. The molecule has 1 saturated heterocycles. The van der Waals surface area contributed by atoms with Gasteiger partial charge in [-0.3, -0.25) is 19.8 Å². The molecule has 0 bridgehead atoms. The molecule has 0 aromatic carbocycles. The third-order valence-electron chi connectivity index (χ3n) is 5.13. The number of aromatic amines is 1. The molecule has 0 radical (unpaired) electrons. The number of pyridine rings is 1. The van der Waals surface area contributed by atoms with Crippen molar-refractivity contribution >= 4 is 5.65 Å². The van der Waals surface area contributed by atoms with Crippen molar-refractivity contribution in [3.8, 4) is 0 Å². The first-order valence-corrected chi connectivity index (χ1v) is 8.88. The molecule has 130 valence electrons. The van der Waals surface area contributed by atoms with Gasteiger partial charge in [0.15, 0.2) is 5.65 Å². The Balaban J connectivity index is 1.56. The minimum absolute atomic E-state index is 0.0291. The van der Waals surface area contributed by atoms with Gasteiger partial charge < -0.3 is 0 Å². The minimum Gasteiger partial charge on any atom is -0.298 e. The number of H-pyrrole nitrogens is 1. The zero-order valence-electron chi connectivity index (χ0n) is 14.7. The molecule has 4 heterocycles. The molecule has 4 rings (SSSR count). The third kappa shape index (κ3) is 2.98. The van der Waals surface area contributed by atoms with Crippen molar-refractivity contribution in [3.05, 3.63) is 63.5 Å². The molecule has 6 heteroatoms. The predicted octanol–water partition coefficient (Wildman–Crippen LogP) is 2.28. The molecule has 0 saturated carbocycles. The van der Waals surface area contributed by atoms with Gasteiger partial charge in [0.1, 0.15) is 0 Å². The molecular formula is C19H23N5O. The standard InChI is InChI=1S/C19H23N5O/c1-3-16-13(2)21-18-9-17(22-24(18)19(16)25)15-6-8-23(12-15)11-14-5-4-7-20-10-14/h4-5,7,9-10,15,22H,3,6,8,11-12H2,1-2H3/t15-/m0/s1. The summed E-state index contributed by atoms with van der Waals surface area (Å²) >= 11 is 0. The fraction of sp³-hybridized carbons (Fsp3) is 0.421. The highest BCUT2D eigenvalue weighted by Gasteiger charge is 2.26. The van der Waals surface area contributed by atoms with Crippen LogP contribution < -0.4 is 5.56 Å². The maximum Gasteiger partial charge on any atom is 0.276 e. The fourth-order valence-corrected chi connectivity index (χ4v) is 3.78. The van der Waals surface area contributed by atoms with E-state index in [1.807, 2.05) is 32.2 Å².